The second-order valence-electron chi connectivity index (χ2n) is 12.5. The lowest BCUT2D eigenvalue weighted by atomic mass is 10.1. The zero-order chi connectivity index (χ0) is 33.5. The van der Waals surface area contributed by atoms with E-state index in [9.17, 15) is 14.3 Å². The minimum absolute atomic E-state index is 0.0214. The number of nitrogens with zero attached hydrogens (tertiary/aromatic N) is 1. The van der Waals surface area contributed by atoms with Crippen LogP contribution in [0.3, 0.4) is 0 Å². The third-order valence-electron chi connectivity index (χ3n) is 6.89. The molecule has 0 saturated heterocycles. The van der Waals surface area contributed by atoms with Crippen LogP contribution in [0.4, 0.5) is 0 Å². The number of unbranched alkanes of at least 4 members (excludes halogenated alkanes) is 9. The van der Waals surface area contributed by atoms with Gasteiger partial charge in [-0.15, -0.1) is 0 Å². The van der Waals surface area contributed by atoms with Crippen LogP contribution in [0.5, 0.6) is 0 Å². The van der Waals surface area contributed by atoms with E-state index in [0.29, 0.717) is 24.1 Å². The fourth-order valence-corrected chi connectivity index (χ4v) is 4.91. The fourth-order valence-electron chi connectivity index (χ4n) is 4.18. The summed E-state index contributed by atoms with van der Waals surface area (Å²) < 4.78 is 34.0. The molecule has 0 amide bonds. The van der Waals surface area contributed by atoms with Gasteiger partial charge in [0, 0.05) is 13.0 Å². The number of phosphoric acid groups is 1. The van der Waals surface area contributed by atoms with Gasteiger partial charge in [-0.1, -0.05) is 107 Å². The van der Waals surface area contributed by atoms with Crippen LogP contribution in [0.25, 0.3) is 0 Å². The van der Waals surface area contributed by atoms with E-state index in [0.717, 1.165) is 70.6 Å². The van der Waals surface area contributed by atoms with Gasteiger partial charge in [-0.25, -0.2) is 0 Å². The highest BCUT2D eigenvalue weighted by molar-refractivity contribution is 7.45. The maximum Gasteiger partial charge on any atom is 0.306 e. The Morgan fingerprint density at radius 1 is 0.711 bits per heavy atom. The van der Waals surface area contributed by atoms with Crippen LogP contribution >= 0.6 is 7.82 Å². The number of hydrogen-bond donors (Lipinski definition) is 0. The molecule has 0 aliphatic heterocycles. The molecule has 0 N–H and O–H groups in total. The lowest BCUT2D eigenvalue weighted by molar-refractivity contribution is -0.870. The number of carbonyl (C=O) groups excluding carboxylic acids is 1. The monoisotopic (exact) mass is 655 g/mol. The number of hydrogen-bond acceptors (Lipinski definition) is 7. The van der Waals surface area contributed by atoms with Crippen molar-refractivity contribution in [2.45, 2.75) is 123 Å². The molecule has 8 nitrogen and oxygen atoms in total. The van der Waals surface area contributed by atoms with Gasteiger partial charge >= 0.3 is 5.97 Å². The molecule has 2 atom stereocenters. The van der Waals surface area contributed by atoms with Crippen molar-refractivity contribution in [3.63, 3.8) is 0 Å². The van der Waals surface area contributed by atoms with Crippen LogP contribution in [-0.2, 0) is 27.9 Å². The first-order valence-corrected chi connectivity index (χ1v) is 18.8. The Balaban J connectivity index is 4.04. The first-order valence-electron chi connectivity index (χ1n) is 17.4. The summed E-state index contributed by atoms with van der Waals surface area (Å²) in [4.78, 5) is 24.4. The molecule has 0 aliphatic carbocycles. The average molecular weight is 656 g/mol. The van der Waals surface area contributed by atoms with E-state index in [4.69, 9.17) is 18.5 Å². The topological polar surface area (TPSA) is 94.1 Å². The molecule has 0 rings (SSSR count). The second-order valence-corrected chi connectivity index (χ2v) is 13.9. The molecule has 2 unspecified atom stereocenters. The summed E-state index contributed by atoms with van der Waals surface area (Å²) in [6.45, 7) is 5.06. The van der Waals surface area contributed by atoms with E-state index in [-0.39, 0.29) is 25.8 Å². The molecule has 0 radical (unpaired) electrons. The summed E-state index contributed by atoms with van der Waals surface area (Å²) in [7, 11) is 1.33. The Hall–Kier alpha value is -1.54. The molecule has 0 bridgehead atoms. The third kappa shape index (κ3) is 33.6. The molecule has 0 aromatic carbocycles. The molecule has 0 aromatic heterocycles. The standard InChI is InChI=1S/C36H66NO7P/c1-6-8-10-11-12-13-14-15-16-17-18-19-20-21-22-23-24-25-26-28-31-41-33-35(44-36(38)29-27-9-7-2)34-43-45(39,40)42-32-30-37(3,4)5/h8,10,12-13,15-16,18-19,35H,6-7,9,11,14,17,20-34H2,1-5H3/b10-8-,13-12-,16-15-,19-18-. The minimum atomic E-state index is -4.50. The van der Waals surface area contributed by atoms with Crippen molar-refractivity contribution < 1.29 is 37.3 Å². The molecule has 9 heteroatoms. The fraction of sp³-hybridized carbons (Fsp3) is 0.750. The number of phosphoric ester groups is 1. The van der Waals surface area contributed by atoms with Crippen LogP contribution in [0, 0.1) is 0 Å². The number of carbonyl (C=O) groups is 1. The molecule has 0 aromatic rings. The van der Waals surface area contributed by atoms with Crippen molar-refractivity contribution in [3.05, 3.63) is 48.6 Å². The first-order chi connectivity index (χ1) is 21.6. The summed E-state index contributed by atoms with van der Waals surface area (Å²) in [5.41, 5.74) is 0. The lowest BCUT2D eigenvalue weighted by Gasteiger charge is -2.28. The number of allylic oxidation sites excluding steroid dienone is 8. The van der Waals surface area contributed by atoms with Crippen LogP contribution in [0.2, 0.25) is 0 Å². The molecule has 0 spiro atoms. The molecule has 0 aliphatic rings. The summed E-state index contributed by atoms with van der Waals surface area (Å²) in [5.74, 6) is -0.366. The second kappa shape index (κ2) is 29.8. The van der Waals surface area contributed by atoms with E-state index in [1.165, 1.54) is 25.7 Å². The van der Waals surface area contributed by atoms with Crippen LogP contribution < -0.4 is 4.89 Å². The lowest BCUT2D eigenvalue weighted by Crippen LogP contribution is -2.37. The number of esters is 1. The third-order valence-corrected chi connectivity index (χ3v) is 7.86. The van der Waals surface area contributed by atoms with Crippen molar-refractivity contribution in [1.82, 2.24) is 0 Å². The average Bonchev–Trinajstić information content (AvgIpc) is 2.97. The van der Waals surface area contributed by atoms with Gasteiger partial charge in [-0.2, -0.15) is 0 Å². The van der Waals surface area contributed by atoms with Crippen LogP contribution in [-0.4, -0.2) is 70.7 Å². The van der Waals surface area contributed by atoms with Crippen molar-refractivity contribution in [2.75, 3.05) is 54.1 Å². The molecule has 0 saturated carbocycles. The highest BCUT2D eigenvalue weighted by Gasteiger charge is 2.20. The summed E-state index contributed by atoms with van der Waals surface area (Å²) in [6, 6.07) is 0. The van der Waals surface area contributed by atoms with Gasteiger partial charge in [0.2, 0.25) is 0 Å². The SMILES string of the molecule is CC/C=C\C/C=C\C/C=C\C/C=C\CCCCCCCCCOCC(COP(=O)([O-])OCC[N+](C)(C)C)OC(=O)CCCCC. The van der Waals surface area contributed by atoms with Crippen molar-refractivity contribution in [2.24, 2.45) is 0 Å². The zero-order valence-corrected chi connectivity index (χ0v) is 30.2. The summed E-state index contributed by atoms with van der Waals surface area (Å²) >= 11 is 0. The predicted molar refractivity (Wildman–Crippen MR) is 185 cm³/mol. The van der Waals surface area contributed by atoms with Crippen molar-refractivity contribution in [3.8, 4) is 0 Å². The maximum absolute atomic E-state index is 12.2. The number of rotatable bonds is 31. The van der Waals surface area contributed by atoms with E-state index < -0.39 is 13.9 Å². The smallest absolute Gasteiger partial charge is 0.306 e. The Labute approximate surface area is 276 Å². The van der Waals surface area contributed by atoms with Crippen LogP contribution in [0.1, 0.15) is 117 Å². The Morgan fingerprint density at radius 3 is 1.89 bits per heavy atom. The van der Waals surface area contributed by atoms with Gasteiger partial charge in [-0.3, -0.25) is 9.36 Å². The van der Waals surface area contributed by atoms with Gasteiger partial charge in [0.25, 0.3) is 7.82 Å². The van der Waals surface area contributed by atoms with Crippen molar-refractivity contribution >= 4 is 13.8 Å². The van der Waals surface area contributed by atoms with E-state index in [2.05, 4.69) is 62.5 Å². The number of ether oxygens (including phenoxy) is 2. The summed E-state index contributed by atoms with van der Waals surface area (Å²) in [5, 5.41) is 0. The Kier molecular flexibility index (Phi) is 28.8. The van der Waals surface area contributed by atoms with Crippen molar-refractivity contribution in [1.29, 1.82) is 0 Å². The summed E-state index contributed by atoms with van der Waals surface area (Å²) in [6.07, 6.45) is 33.4. The maximum atomic E-state index is 12.2. The molecule has 0 fully saturated rings. The first kappa shape index (κ1) is 43.5. The Morgan fingerprint density at radius 2 is 1.29 bits per heavy atom. The largest absolute Gasteiger partial charge is 0.756 e. The highest BCUT2D eigenvalue weighted by atomic mass is 31.2. The molecule has 45 heavy (non-hydrogen) atoms. The van der Waals surface area contributed by atoms with E-state index in [1.807, 2.05) is 21.1 Å². The van der Waals surface area contributed by atoms with Gasteiger partial charge in [0.1, 0.15) is 19.3 Å². The number of quaternary nitrogens is 1. The van der Waals surface area contributed by atoms with Gasteiger partial charge in [0.05, 0.1) is 34.4 Å². The van der Waals surface area contributed by atoms with E-state index in [1.54, 1.807) is 0 Å². The quantitative estimate of drug-likeness (QED) is 0.0243. The number of likely N-dealkylation sites (N-methyl/N-ethyl adjacent to an activating group) is 1. The molecule has 262 valence electrons. The van der Waals surface area contributed by atoms with Gasteiger partial charge in [-0.05, 0) is 51.4 Å². The minimum Gasteiger partial charge on any atom is -0.756 e. The highest BCUT2D eigenvalue weighted by Crippen LogP contribution is 2.38. The molecular formula is C36H66NO7P. The van der Waals surface area contributed by atoms with Gasteiger partial charge in [0.15, 0.2) is 0 Å². The Bertz CT molecular complexity index is 864. The van der Waals surface area contributed by atoms with E-state index >= 15 is 0 Å². The molecule has 0 heterocycles. The normalized spacial score (nSPS) is 14.7. The molecular weight excluding hydrogens is 589 g/mol. The van der Waals surface area contributed by atoms with Crippen LogP contribution in [0.15, 0.2) is 48.6 Å². The van der Waals surface area contributed by atoms with Gasteiger partial charge < -0.3 is 27.9 Å². The zero-order valence-electron chi connectivity index (χ0n) is 29.3. The predicted octanol–water partition coefficient (Wildman–Crippen LogP) is 8.63.